The number of carbonyl (C=O) groups is 1. The minimum atomic E-state index is -3.59. The van der Waals surface area contributed by atoms with E-state index >= 15 is 4.39 Å². The lowest BCUT2D eigenvalue weighted by molar-refractivity contribution is 0.0981. The van der Waals surface area contributed by atoms with Gasteiger partial charge in [0, 0.05) is 29.8 Å². The molecule has 1 amide bonds. The number of anilines is 1. The number of nitrogens with one attached hydrogen (secondary N) is 1. The summed E-state index contributed by atoms with van der Waals surface area (Å²) in [6.45, 7) is 0. The minimum Gasteiger partial charge on any atom is -0.318 e. The van der Waals surface area contributed by atoms with E-state index in [2.05, 4.69) is 15.4 Å². The van der Waals surface area contributed by atoms with Crippen LogP contribution in [0, 0.1) is 5.82 Å². The summed E-state index contributed by atoms with van der Waals surface area (Å²) in [7, 11) is -2.20. The number of amides is 1. The summed E-state index contributed by atoms with van der Waals surface area (Å²) in [5.41, 5.74) is -2.20. The molecule has 1 unspecified atom stereocenters. The third-order valence-corrected chi connectivity index (χ3v) is 7.63. The highest BCUT2D eigenvalue weighted by molar-refractivity contribution is 7.90. The maximum absolute atomic E-state index is 15.2. The van der Waals surface area contributed by atoms with Gasteiger partial charge in [-0.05, 0) is 53.6 Å². The van der Waals surface area contributed by atoms with Crippen LogP contribution in [0.4, 0.5) is 18.9 Å². The van der Waals surface area contributed by atoms with Crippen molar-refractivity contribution in [2.45, 2.75) is 10.6 Å². The predicted octanol–water partition coefficient (Wildman–Crippen LogP) is 6.32. The average Bonchev–Trinajstić information content (AvgIpc) is 3.41. The molecule has 5 aromatic rings. The molecule has 0 aliphatic heterocycles. The van der Waals surface area contributed by atoms with Gasteiger partial charge in [-0.25, -0.2) is 17.5 Å². The first-order valence-electron chi connectivity index (χ1n) is 12.1. The number of benzene rings is 3. The van der Waals surface area contributed by atoms with Crippen LogP contribution < -0.4 is 5.32 Å². The summed E-state index contributed by atoms with van der Waals surface area (Å²) in [6, 6.07) is 21.2. The van der Waals surface area contributed by atoms with Crippen molar-refractivity contribution in [3.63, 3.8) is 0 Å². The first-order chi connectivity index (χ1) is 19.4. The van der Waals surface area contributed by atoms with Gasteiger partial charge in [-0.15, -0.1) is 0 Å². The van der Waals surface area contributed by atoms with E-state index in [0.717, 1.165) is 28.6 Å². The van der Waals surface area contributed by atoms with Crippen LogP contribution in [0.3, 0.4) is 0 Å². The SMILES string of the molecule is CS(=O)(=O)c1ccccc1-c1ccc(NC(=O)c2cc(C(F)(F)P)nn2-c2cccc(-c3cccnc3)c2)c(F)c1. The molecule has 1 N–H and O–H groups in total. The molecule has 41 heavy (non-hydrogen) atoms. The molecule has 12 heteroatoms. The lowest BCUT2D eigenvalue weighted by Crippen LogP contribution is -2.17. The quantitative estimate of drug-likeness (QED) is 0.223. The summed E-state index contributed by atoms with van der Waals surface area (Å²) < 4.78 is 69.1. The fourth-order valence-electron chi connectivity index (χ4n) is 4.25. The van der Waals surface area contributed by atoms with Crippen molar-refractivity contribution in [2.75, 3.05) is 11.6 Å². The summed E-state index contributed by atoms with van der Waals surface area (Å²) in [6.07, 6.45) is 4.31. The molecule has 7 nitrogen and oxygen atoms in total. The highest BCUT2D eigenvalue weighted by atomic mass is 32.2. The second-order valence-electron chi connectivity index (χ2n) is 9.16. The zero-order valence-electron chi connectivity index (χ0n) is 21.4. The van der Waals surface area contributed by atoms with E-state index in [0.29, 0.717) is 16.8 Å². The van der Waals surface area contributed by atoms with E-state index in [4.69, 9.17) is 0 Å². The molecule has 0 saturated carbocycles. The molecule has 0 bridgehead atoms. The third kappa shape index (κ3) is 6.06. The molecule has 5 rings (SSSR count). The minimum absolute atomic E-state index is 0.0273. The Morgan fingerprint density at radius 2 is 1.68 bits per heavy atom. The molecule has 1 atom stereocenters. The zero-order chi connectivity index (χ0) is 29.4. The van der Waals surface area contributed by atoms with Crippen LogP contribution >= 0.6 is 9.24 Å². The summed E-state index contributed by atoms with van der Waals surface area (Å²) in [5.74, 6) is -1.73. The molecular weight excluding hydrogens is 572 g/mol. The fourth-order valence-corrected chi connectivity index (χ4v) is 5.30. The lowest BCUT2D eigenvalue weighted by atomic mass is 10.0. The number of rotatable bonds is 7. The standard InChI is InChI=1S/C29H22F3N4O3PS/c1-41(38,39)26-10-3-2-9-22(26)19-11-12-24(23(30)15-19)34-28(37)25-16-27(29(31,32)40)35-36(25)21-8-4-6-18(14-21)20-7-5-13-33-17-20/h2-17H,40H2,1H3,(H,34,37). The topological polar surface area (TPSA) is 94.0 Å². The number of carbonyl (C=O) groups excluding carboxylic acids is 1. The van der Waals surface area contributed by atoms with Gasteiger partial charge in [0.05, 0.1) is 16.3 Å². The highest BCUT2D eigenvalue weighted by Gasteiger charge is 2.31. The number of nitrogens with zero attached hydrogens (tertiary/aromatic N) is 3. The predicted molar refractivity (Wildman–Crippen MR) is 153 cm³/mol. The number of pyridine rings is 1. The number of hydrogen-bond acceptors (Lipinski definition) is 5. The van der Waals surface area contributed by atoms with Crippen LogP contribution in [0.5, 0.6) is 0 Å². The van der Waals surface area contributed by atoms with Crippen LogP contribution in [0.15, 0.2) is 102 Å². The zero-order valence-corrected chi connectivity index (χ0v) is 23.4. The Morgan fingerprint density at radius 3 is 2.37 bits per heavy atom. The van der Waals surface area contributed by atoms with Gasteiger partial charge in [0.15, 0.2) is 9.84 Å². The highest BCUT2D eigenvalue weighted by Crippen LogP contribution is 2.35. The van der Waals surface area contributed by atoms with Crippen LogP contribution in [-0.2, 0) is 15.5 Å². The maximum atomic E-state index is 15.2. The Morgan fingerprint density at radius 1 is 0.927 bits per heavy atom. The molecule has 208 valence electrons. The Bertz CT molecular complexity index is 1870. The molecule has 0 saturated heterocycles. The first kappa shape index (κ1) is 28.2. The molecule has 0 spiro atoms. The Kier molecular flexibility index (Phi) is 7.50. The van der Waals surface area contributed by atoms with Crippen LogP contribution in [0.1, 0.15) is 16.2 Å². The van der Waals surface area contributed by atoms with E-state index in [9.17, 15) is 22.0 Å². The molecule has 2 aromatic heterocycles. The van der Waals surface area contributed by atoms with Gasteiger partial charge < -0.3 is 5.32 Å². The summed E-state index contributed by atoms with van der Waals surface area (Å²) >= 11 is 0. The van der Waals surface area contributed by atoms with Crippen LogP contribution in [0.2, 0.25) is 0 Å². The molecule has 0 fully saturated rings. The van der Waals surface area contributed by atoms with Crippen molar-refractivity contribution in [3.05, 3.63) is 115 Å². The van der Waals surface area contributed by atoms with E-state index in [1.165, 1.54) is 27.4 Å². The number of halogens is 3. The molecular formula is C29H22F3N4O3PS. The number of sulfone groups is 1. The first-order valence-corrected chi connectivity index (χ1v) is 14.6. The largest absolute Gasteiger partial charge is 0.318 e. The van der Waals surface area contributed by atoms with Gasteiger partial charge >= 0.3 is 5.66 Å². The second-order valence-corrected chi connectivity index (χ2v) is 11.9. The normalized spacial score (nSPS) is 11.8. The monoisotopic (exact) mass is 594 g/mol. The van der Waals surface area contributed by atoms with Gasteiger partial charge in [0.1, 0.15) is 17.2 Å². The van der Waals surface area contributed by atoms with E-state index < -0.39 is 32.9 Å². The smallest absolute Gasteiger partial charge is 0.302 e. The average molecular weight is 595 g/mol. The van der Waals surface area contributed by atoms with Gasteiger partial charge in [-0.2, -0.15) is 13.9 Å². The van der Waals surface area contributed by atoms with Crippen molar-refractivity contribution >= 4 is 30.7 Å². The number of alkyl halides is 2. The van der Waals surface area contributed by atoms with Crippen molar-refractivity contribution in [1.29, 1.82) is 0 Å². The number of aromatic nitrogens is 3. The van der Waals surface area contributed by atoms with Gasteiger partial charge in [0.2, 0.25) is 0 Å². The van der Waals surface area contributed by atoms with Crippen molar-refractivity contribution in [1.82, 2.24) is 14.8 Å². The molecule has 0 aliphatic carbocycles. The van der Waals surface area contributed by atoms with Crippen LogP contribution in [-0.4, -0.2) is 35.3 Å². The van der Waals surface area contributed by atoms with E-state index in [-0.39, 0.29) is 21.8 Å². The lowest BCUT2D eigenvalue weighted by Gasteiger charge is -2.12. The number of hydrogen-bond donors (Lipinski definition) is 1. The Labute approximate surface area is 236 Å². The molecule has 0 aliphatic rings. The molecule has 3 aromatic carbocycles. The van der Waals surface area contributed by atoms with Crippen molar-refractivity contribution in [2.24, 2.45) is 0 Å². The van der Waals surface area contributed by atoms with Crippen molar-refractivity contribution < 1.29 is 26.4 Å². The van der Waals surface area contributed by atoms with Crippen molar-refractivity contribution in [3.8, 4) is 27.9 Å². The van der Waals surface area contributed by atoms with Gasteiger partial charge in [-0.1, -0.05) is 51.7 Å². The molecule has 2 heterocycles. The Hall–Kier alpha value is -4.34. The summed E-state index contributed by atoms with van der Waals surface area (Å²) in [5, 5.41) is 6.39. The fraction of sp³-hybridized carbons (Fsp3) is 0.0690. The van der Waals surface area contributed by atoms with Gasteiger partial charge in [-0.3, -0.25) is 9.78 Å². The van der Waals surface area contributed by atoms with Crippen LogP contribution in [0.25, 0.3) is 27.9 Å². The van der Waals surface area contributed by atoms with E-state index in [1.54, 1.807) is 60.9 Å². The summed E-state index contributed by atoms with van der Waals surface area (Å²) in [4.78, 5) is 17.4. The maximum Gasteiger partial charge on any atom is 0.302 e. The van der Waals surface area contributed by atoms with E-state index in [1.807, 2.05) is 6.07 Å². The second kappa shape index (κ2) is 10.9. The van der Waals surface area contributed by atoms with Gasteiger partial charge in [0.25, 0.3) is 5.91 Å². The Balaban J connectivity index is 1.51. The molecule has 0 radical (unpaired) electrons. The third-order valence-electron chi connectivity index (χ3n) is 6.18.